The molecule has 0 N–H and O–H groups in total. The molecule has 0 bridgehead atoms. The van der Waals surface area contributed by atoms with Gasteiger partial charge in [-0.05, 0) is 55.5 Å². The number of halogens is 1. The van der Waals surface area contributed by atoms with Gasteiger partial charge in [-0.2, -0.15) is 4.31 Å². The molecule has 24 heavy (non-hydrogen) atoms. The summed E-state index contributed by atoms with van der Waals surface area (Å²) in [4.78, 5) is 0. The van der Waals surface area contributed by atoms with E-state index in [9.17, 15) is 8.42 Å². The minimum Gasteiger partial charge on any atom is -0.493 e. The van der Waals surface area contributed by atoms with Gasteiger partial charge in [-0.3, -0.25) is 0 Å². The molecule has 0 spiro atoms. The molecule has 0 saturated carbocycles. The molecule has 130 valence electrons. The number of hydrogen-bond acceptors (Lipinski definition) is 4. The number of benzene rings is 1. The van der Waals surface area contributed by atoms with Gasteiger partial charge in [0.2, 0.25) is 0 Å². The van der Waals surface area contributed by atoms with E-state index in [2.05, 4.69) is 0 Å². The smallest absolute Gasteiger partial charge is 0.252 e. The van der Waals surface area contributed by atoms with Gasteiger partial charge in [-0.15, -0.1) is 11.3 Å². The molecule has 3 rings (SSSR count). The van der Waals surface area contributed by atoms with Crippen LogP contribution in [0.3, 0.4) is 0 Å². The summed E-state index contributed by atoms with van der Waals surface area (Å²) in [6.07, 6.45) is 1.62. The summed E-state index contributed by atoms with van der Waals surface area (Å²) in [6.45, 7) is 3.72. The second-order valence-corrected chi connectivity index (χ2v) is 9.91. The molecular formula is C17H20ClNO3S2. The van der Waals surface area contributed by atoms with Crippen LogP contribution in [0.25, 0.3) is 0 Å². The van der Waals surface area contributed by atoms with Crippen LogP contribution in [0.5, 0.6) is 5.75 Å². The molecule has 0 radical (unpaired) electrons. The van der Waals surface area contributed by atoms with Crippen LogP contribution in [0.4, 0.5) is 0 Å². The zero-order valence-electron chi connectivity index (χ0n) is 13.4. The average molecular weight is 386 g/mol. The van der Waals surface area contributed by atoms with Crippen molar-refractivity contribution >= 4 is 33.0 Å². The van der Waals surface area contributed by atoms with E-state index in [1.54, 1.807) is 16.4 Å². The normalized spacial score (nSPS) is 17.1. The number of sulfonamides is 1. The molecule has 1 aliphatic heterocycles. The lowest BCUT2D eigenvalue weighted by molar-refractivity contribution is 0.185. The number of piperidine rings is 1. The number of ether oxygens (including phenoxy) is 1. The van der Waals surface area contributed by atoms with Gasteiger partial charge >= 0.3 is 0 Å². The van der Waals surface area contributed by atoms with Crippen molar-refractivity contribution in [3.8, 4) is 5.75 Å². The maximum Gasteiger partial charge on any atom is 0.252 e. The lowest BCUT2D eigenvalue weighted by Crippen LogP contribution is -2.39. The number of hydrogen-bond donors (Lipinski definition) is 0. The predicted molar refractivity (Wildman–Crippen MR) is 97.5 cm³/mol. The Balaban J connectivity index is 1.54. The Bertz CT molecular complexity index is 796. The number of rotatable bonds is 5. The van der Waals surface area contributed by atoms with E-state index in [4.69, 9.17) is 16.3 Å². The van der Waals surface area contributed by atoms with Gasteiger partial charge in [-0.1, -0.05) is 23.7 Å². The summed E-state index contributed by atoms with van der Waals surface area (Å²) >= 11 is 6.97. The standard InChI is InChI=1S/C17H20ClNO3S2/c1-13-3-2-4-15(11-13)22-12-14-7-9-19(10-8-14)24(20,21)17-6-5-16(18)23-17/h2-6,11,14H,7-10,12H2,1H3. The van der Waals surface area contributed by atoms with Crippen molar-refractivity contribution in [2.24, 2.45) is 5.92 Å². The summed E-state index contributed by atoms with van der Waals surface area (Å²) in [5.41, 5.74) is 1.17. The predicted octanol–water partition coefficient (Wildman–Crippen LogP) is 4.19. The van der Waals surface area contributed by atoms with E-state index in [1.807, 2.05) is 31.2 Å². The maximum absolute atomic E-state index is 12.6. The Labute approximate surface area is 152 Å². The Morgan fingerprint density at radius 3 is 2.62 bits per heavy atom. The van der Waals surface area contributed by atoms with Gasteiger partial charge in [0.25, 0.3) is 10.0 Å². The first kappa shape index (κ1) is 17.7. The van der Waals surface area contributed by atoms with Crippen molar-refractivity contribution in [2.45, 2.75) is 24.0 Å². The van der Waals surface area contributed by atoms with Crippen LogP contribution < -0.4 is 4.74 Å². The Morgan fingerprint density at radius 2 is 2.00 bits per heavy atom. The quantitative estimate of drug-likeness (QED) is 0.775. The summed E-state index contributed by atoms with van der Waals surface area (Å²) in [7, 11) is -3.41. The van der Waals surface area contributed by atoms with Crippen molar-refractivity contribution in [2.75, 3.05) is 19.7 Å². The van der Waals surface area contributed by atoms with E-state index in [0.717, 1.165) is 29.9 Å². The van der Waals surface area contributed by atoms with Crippen molar-refractivity contribution < 1.29 is 13.2 Å². The topological polar surface area (TPSA) is 46.6 Å². The third kappa shape index (κ3) is 4.11. The van der Waals surface area contributed by atoms with E-state index >= 15 is 0 Å². The zero-order chi connectivity index (χ0) is 17.2. The molecule has 1 aromatic heterocycles. The van der Waals surface area contributed by atoms with Crippen molar-refractivity contribution in [1.29, 1.82) is 0 Å². The van der Waals surface area contributed by atoms with Crippen LogP contribution in [0.1, 0.15) is 18.4 Å². The molecule has 2 aromatic rings. The minimum atomic E-state index is -3.41. The van der Waals surface area contributed by atoms with Gasteiger partial charge in [0.15, 0.2) is 0 Å². The second-order valence-electron chi connectivity index (χ2n) is 6.03. The first-order valence-corrected chi connectivity index (χ1v) is 10.5. The van der Waals surface area contributed by atoms with Gasteiger partial charge < -0.3 is 4.74 Å². The molecule has 0 amide bonds. The average Bonchev–Trinajstić information content (AvgIpc) is 3.01. The lowest BCUT2D eigenvalue weighted by Gasteiger charge is -2.30. The van der Waals surface area contributed by atoms with Crippen LogP contribution >= 0.6 is 22.9 Å². The number of thiophene rings is 1. The molecule has 2 heterocycles. The van der Waals surface area contributed by atoms with Crippen LogP contribution in [0.2, 0.25) is 4.34 Å². The van der Waals surface area contributed by atoms with Gasteiger partial charge in [0, 0.05) is 13.1 Å². The van der Waals surface area contributed by atoms with E-state index in [1.165, 1.54) is 5.56 Å². The fourth-order valence-electron chi connectivity index (χ4n) is 2.80. The molecule has 1 fully saturated rings. The SMILES string of the molecule is Cc1cccc(OCC2CCN(S(=O)(=O)c3ccc(Cl)s3)CC2)c1. The van der Waals surface area contributed by atoms with Crippen LogP contribution in [0, 0.1) is 12.8 Å². The number of aryl methyl sites for hydroxylation is 1. The second kappa shape index (κ2) is 7.44. The highest BCUT2D eigenvalue weighted by molar-refractivity contribution is 7.91. The van der Waals surface area contributed by atoms with Crippen molar-refractivity contribution in [3.63, 3.8) is 0 Å². The molecule has 4 nitrogen and oxygen atoms in total. The first-order chi connectivity index (χ1) is 11.4. The first-order valence-electron chi connectivity index (χ1n) is 7.90. The summed E-state index contributed by atoms with van der Waals surface area (Å²) in [5, 5.41) is 0. The zero-order valence-corrected chi connectivity index (χ0v) is 15.8. The molecule has 1 saturated heterocycles. The number of nitrogens with zero attached hydrogens (tertiary/aromatic N) is 1. The van der Waals surface area contributed by atoms with Crippen LogP contribution in [-0.4, -0.2) is 32.4 Å². The fourth-order valence-corrected chi connectivity index (χ4v) is 5.91. The fraction of sp³-hybridized carbons (Fsp3) is 0.412. The molecular weight excluding hydrogens is 366 g/mol. The Hall–Kier alpha value is -1.08. The minimum absolute atomic E-state index is 0.321. The van der Waals surface area contributed by atoms with E-state index in [0.29, 0.717) is 34.2 Å². The molecule has 0 atom stereocenters. The van der Waals surface area contributed by atoms with Gasteiger partial charge in [-0.25, -0.2) is 8.42 Å². The third-order valence-corrected chi connectivity index (χ3v) is 7.79. The monoisotopic (exact) mass is 385 g/mol. The van der Waals surface area contributed by atoms with E-state index < -0.39 is 10.0 Å². The maximum atomic E-state index is 12.6. The highest BCUT2D eigenvalue weighted by atomic mass is 35.5. The highest BCUT2D eigenvalue weighted by Crippen LogP contribution is 2.30. The van der Waals surface area contributed by atoms with E-state index in [-0.39, 0.29) is 0 Å². The highest BCUT2D eigenvalue weighted by Gasteiger charge is 2.30. The molecule has 1 aromatic carbocycles. The Kier molecular flexibility index (Phi) is 5.49. The summed E-state index contributed by atoms with van der Waals surface area (Å²) < 4.78 is 33.4. The van der Waals surface area contributed by atoms with Crippen LogP contribution in [0.15, 0.2) is 40.6 Å². The summed E-state index contributed by atoms with van der Waals surface area (Å²) in [6, 6.07) is 11.2. The third-order valence-electron chi connectivity index (χ3n) is 4.19. The summed E-state index contributed by atoms with van der Waals surface area (Å²) in [5.74, 6) is 1.25. The Morgan fingerprint density at radius 1 is 1.25 bits per heavy atom. The molecule has 0 aliphatic carbocycles. The lowest BCUT2D eigenvalue weighted by atomic mass is 9.99. The van der Waals surface area contributed by atoms with Crippen molar-refractivity contribution in [3.05, 3.63) is 46.3 Å². The molecule has 1 aliphatic rings. The van der Waals surface area contributed by atoms with Gasteiger partial charge in [0.05, 0.1) is 10.9 Å². The van der Waals surface area contributed by atoms with Crippen molar-refractivity contribution in [1.82, 2.24) is 4.31 Å². The molecule has 7 heteroatoms. The van der Waals surface area contributed by atoms with Crippen LogP contribution in [-0.2, 0) is 10.0 Å². The molecule has 0 unspecified atom stereocenters. The largest absolute Gasteiger partial charge is 0.493 e. The van der Waals surface area contributed by atoms with Gasteiger partial charge in [0.1, 0.15) is 9.96 Å².